The second-order valence-corrected chi connectivity index (χ2v) is 4.45. The number of pyridine rings is 1. The molecule has 1 heterocycles. The molecule has 0 radical (unpaired) electrons. The van der Waals surface area contributed by atoms with Gasteiger partial charge in [0.25, 0.3) is 0 Å². The van der Waals surface area contributed by atoms with Gasteiger partial charge < -0.3 is 10.1 Å². The number of nitrogens with one attached hydrogen (secondary N) is 1. The molecule has 0 aromatic carbocycles. The number of anilines is 1. The first kappa shape index (κ1) is 12.9. The fourth-order valence-corrected chi connectivity index (χ4v) is 1.28. The summed E-state index contributed by atoms with van der Waals surface area (Å²) in [4.78, 5) is 15.5. The summed E-state index contributed by atoms with van der Waals surface area (Å²) in [6.45, 7) is 3.69. The summed E-state index contributed by atoms with van der Waals surface area (Å²) >= 11 is 5.89. The number of halogens is 1. The van der Waals surface area contributed by atoms with Gasteiger partial charge in [-0.3, -0.25) is 9.78 Å². The van der Waals surface area contributed by atoms with Gasteiger partial charge in [-0.05, 0) is 19.9 Å². The van der Waals surface area contributed by atoms with E-state index < -0.39 is 5.60 Å². The van der Waals surface area contributed by atoms with E-state index in [0.29, 0.717) is 10.7 Å². The van der Waals surface area contributed by atoms with Crippen LogP contribution in [0.2, 0.25) is 5.02 Å². The summed E-state index contributed by atoms with van der Waals surface area (Å²) in [6, 6.07) is 1.62. The van der Waals surface area contributed by atoms with E-state index in [4.69, 9.17) is 16.3 Å². The first-order valence-electron chi connectivity index (χ1n) is 4.89. The van der Waals surface area contributed by atoms with E-state index >= 15 is 0 Å². The summed E-state index contributed by atoms with van der Waals surface area (Å²) in [5, 5.41) is 3.16. The van der Waals surface area contributed by atoms with E-state index in [0.717, 1.165) is 0 Å². The van der Waals surface area contributed by atoms with Crippen molar-refractivity contribution in [2.75, 3.05) is 12.4 Å². The Morgan fingerprint density at radius 3 is 2.88 bits per heavy atom. The molecule has 1 amide bonds. The molecule has 1 aromatic rings. The highest BCUT2D eigenvalue weighted by Crippen LogP contribution is 2.20. The van der Waals surface area contributed by atoms with Gasteiger partial charge in [0, 0.05) is 13.3 Å². The Hall–Kier alpha value is -1.13. The zero-order valence-corrected chi connectivity index (χ0v) is 10.3. The molecule has 88 valence electrons. The van der Waals surface area contributed by atoms with Gasteiger partial charge in [-0.1, -0.05) is 11.6 Å². The number of rotatable bonds is 4. The van der Waals surface area contributed by atoms with Gasteiger partial charge in [-0.25, -0.2) is 0 Å². The molecule has 1 rings (SSSR count). The van der Waals surface area contributed by atoms with Crippen LogP contribution < -0.4 is 5.32 Å². The van der Waals surface area contributed by atoms with Gasteiger partial charge in [0.2, 0.25) is 5.91 Å². The molecule has 0 saturated heterocycles. The molecule has 16 heavy (non-hydrogen) atoms. The summed E-state index contributed by atoms with van der Waals surface area (Å²) in [5.74, 6) is -0.151. The number of hydrogen-bond acceptors (Lipinski definition) is 3. The maximum atomic E-state index is 11.7. The zero-order valence-electron chi connectivity index (χ0n) is 9.58. The van der Waals surface area contributed by atoms with Crippen molar-refractivity contribution in [1.82, 2.24) is 4.98 Å². The zero-order chi connectivity index (χ0) is 12.2. The largest absolute Gasteiger partial charge is 0.378 e. The fraction of sp³-hybridized carbons (Fsp3) is 0.455. The number of ether oxygens (including phenoxy) is 1. The van der Waals surface area contributed by atoms with Gasteiger partial charge in [-0.2, -0.15) is 0 Å². The maximum absolute atomic E-state index is 11.7. The second kappa shape index (κ2) is 5.27. The molecule has 0 aliphatic rings. The maximum Gasteiger partial charge on any atom is 0.227 e. The van der Waals surface area contributed by atoms with Crippen molar-refractivity contribution in [1.29, 1.82) is 0 Å². The number of carbonyl (C=O) groups is 1. The Morgan fingerprint density at radius 2 is 2.31 bits per heavy atom. The molecule has 0 aliphatic heterocycles. The third-order valence-electron chi connectivity index (χ3n) is 2.18. The summed E-state index contributed by atoms with van der Waals surface area (Å²) < 4.78 is 5.17. The van der Waals surface area contributed by atoms with Crippen LogP contribution in [-0.2, 0) is 9.53 Å². The van der Waals surface area contributed by atoms with Crippen LogP contribution in [0.3, 0.4) is 0 Å². The standard InChI is InChI=1S/C11H15ClN2O2/c1-11(2,16-3)6-10(15)14-9-7-13-5-4-8(9)12/h4-5,7H,6H2,1-3H3,(H,14,15). The molecule has 0 bridgehead atoms. The van der Waals surface area contributed by atoms with Crippen LogP contribution in [0.5, 0.6) is 0 Å². The predicted molar refractivity (Wildman–Crippen MR) is 63.6 cm³/mol. The highest BCUT2D eigenvalue weighted by molar-refractivity contribution is 6.33. The van der Waals surface area contributed by atoms with Crippen LogP contribution in [0.25, 0.3) is 0 Å². The summed E-state index contributed by atoms with van der Waals surface area (Å²) in [6.07, 6.45) is 3.34. The molecule has 0 saturated carbocycles. The van der Waals surface area contributed by atoms with Crippen molar-refractivity contribution in [3.8, 4) is 0 Å². The average Bonchev–Trinajstić information content (AvgIpc) is 2.21. The molecule has 0 atom stereocenters. The fourth-order valence-electron chi connectivity index (χ4n) is 1.12. The number of methoxy groups -OCH3 is 1. The number of carbonyl (C=O) groups excluding carboxylic acids is 1. The summed E-state index contributed by atoms with van der Waals surface area (Å²) in [7, 11) is 1.57. The Labute approximate surface area is 100.0 Å². The van der Waals surface area contributed by atoms with E-state index in [2.05, 4.69) is 10.3 Å². The van der Waals surface area contributed by atoms with Crippen molar-refractivity contribution in [2.24, 2.45) is 0 Å². The van der Waals surface area contributed by atoms with Crippen LogP contribution in [0.15, 0.2) is 18.5 Å². The Morgan fingerprint density at radius 1 is 1.62 bits per heavy atom. The monoisotopic (exact) mass is 242 g/mol. The smallest absolute Gasteiger partial charge is 0.227 e. The van der Waals surface area contributed by atoms with Crippen LogP contribution in [0.4, 0.5) is 5.69 Å². The molecule has 0 aliphatic carbocycles. The van der Waals surface area contributed by atoms with Gasteiger partial charge >= 0.3 is 0 Å². The lowest BCUT2D eigenvalue weighted by Crippen LogP contribution is -2.29. The van der Waals surface area contributed by atoms with E-state index in [1.54, 1.807) is 19.4 Å². The summed E-state index contributed by atoms with van der Waals surface area (Å²) in [5.41, 5.74) is 0.0275. The van der Waals surface area contributed by atoms with Gasteiger partial charge in [0.05, 0.1) is 28.9 Å². The Bertz CT molecular complexity index is 380. The lowest BCUT2D eigenvalue weighted by Gasteiger charge is -2.21. The molecular formula is C11H15ClN2O2. The topological polar surface area (TPSA) is 51.2 Å². The van der Waals surface area contributed by atoms with E-state index in [9.17, 15) is 4.79 Å². The molecule has 0 fully saturated rings. The predicted octanol–water partition coefficient (Wildman–Crippen LogP) is 2.49. The van der Waals surface area contributed by atoms with Crippen LogP contribution in [0.1, 0.15) is 20.3 Å². The first-order chi connectivity index (χ1) is 7.44. The van der Waals surface area contributed by atoms with Gasteiger partial charge in [-0.15, -0.1) is 0 Å². The molecule has 1 N–H and O–H groups in total. The minimum atomic E-state index is -0.487. The lowest BCUT2D eigenvalue weighted by molar-refractivity contribution is -0.121. The quantitative estimate of drug-likeness (QED) is 0.883. The van der Waals surface area contributed by atoms with Crippen molar-refractivity contribution in [3.05, 3.63) is 23.5 Å². The SMILES string of the molecule is COC(C)(C)CC(=O)Nc1cnccc1Cl. The highest BCUT2D eigenvalue weighted by atomic mass is 35.5. The number of nitrogens with zero attached hydrogens (tertiary/aromatic N) is 1. The third kappa shape index (κ3) is 3.79. The molecular weight excluding hydrogens is 228 g/mol. The number of amides is 1. The van der Waals surface area contributed by atoms with E-state index in [1.807, 2.05) is 13.8 Å². The van der Waals surface area contributed by atoms with E-state index in [1.165, 1.54) is 6.20 Å². The first-order valence-corrected chi connectivity index (χ1v) is 5.27. The van der Waals surface area contributed by atoms with Crippen LogP contribution in [0, 0.1) is 0 Å². The minimum absolute atomic E-state index is 0.151. The molecule has 0 spiro atoms. The molecule has 5 heteroatoms. The average molecular weight is 243 g/mol. The molecule has 4 nitrogen and oxygen atoms in total. The van der Waals surface area contributed by atoms with Crippen molar-refractivity contribution in [3.63, 3.8) is 0 Å². The van der Waals surface area contributed by atoms with Gasteiger partial charge in [0.1, 0.15) is 0 Å². The number of hydrogen-bond donors (Lipinski definition) is 1. The van der Waals surface area contributed by atoms with E-state index in [-0.39, 0.29) is 12.3 Å². The molecule has 0 unspecified atom stereocenters. The van der Waals surface area contributed by atoms with Crippen molar-refractivity contribution in [2.45, 2.75) is 25.9 Å². The van der Waals surface area contributed by atoms with Crippen molar-refractivity contribution < 1.29 is 9.53 Å². The number of aromatic nitrogens is 1. The Kier molecular flexibility index (Phi) is 4.26. The molecule has 1 aromatic heterocycles. The third-order valence-corrected chi connectivity index (χ3v) is 2.51. The highest BCUT2D eigenvalue weighted by Gasteiger charge is 2.21. The second-order valence-electron chi connectivity index (χ2n) is 4.04. The van der Waals surface area contributed by atoms with Crippen molar-refractivity contribution >= 4 is 23.2 Å². The van der Waals surface area contributed by atoms with Crippen LogP contribution >= 0.6 is 11.6 Å². The lowest BCUT2D eigenvalue weighted by atomic mass is 10.1. The normalized spacial score (nSPS) is 11.2. The Balaban J connectivity index is 2.62. The van der Waals surface area contributed by atoms with Crippen LogP contribution in [-0.4, -0.2) is 23.6 Å². The minimum Gasteiger partial charge on any atom is -0.378 e. The van der Waals surface area contributed by atoms with Gasteiger partial charge in [0.15, 0.2) is 0 Å².